The summed E-state index contributed by atoms with van der Waals surface area (Å²) in [6.45, 7) is 6.59. The van der Waals surface area contributed by atoms with Gasteiger partial charge >= 0.3 is 12.0 Å². The van der Waals surface area contributed by atoms with Gasteiger partial charge in [-0.25, -0.2) is 9.59 Å². The van der Waals surface area contributed by atoms with Crippen molar-refractivity contribution in [1.82, 2.24) is 5.32 Å². The van der Waals surface area contributed by atoms with E-state index in [1.807, 2.05) is 13.8 Å². The van der Waals surface area contributed by atoms with Gasteiger partial charge in [0.25, 0.3) is 0 Å². The van der Waals surface area contributed by atoms with E-state index in [4.69, 9.17) is 4.74 Å². The summed E-state index contributed by atoms with van der Waals surface area (Å²) < 4.78 is 5.28. The minimum Gasteiger partial charge on any atom is -0.478 e. The van der Waals surface area contributed by atoms with Crippen LogP contribution < -0.4 is 10.6 Å². The Hall–Kier alpha value is -2.08. The van der Waals surface area contributed by atoms with E-state index in [1.54, 1.807) is 13.0 Å². The van der Waals surface area contributed by atoms with Gasteiger partial charge < -0.3 is 20.5 Å². The number of aryl methyl sites for hydroxylation is 1. The molecule has 2 amide bonds. The first-order valence-electron chi connectivity index (χ1n) is 6.82. The molecule has 0 aliphatic carbocycles. The second-order valence-corrected chi connectivity index (χ2v) is 5.71. The van der Waals surface area contributed by atoms with Gasteiger partial charge in [0, 0.05) is 12.3 Å². The molecular weight excluding hydrogens is 272 g/mol. The third-order valence-electron chi connectivity index (χ3n) is 3.79. The second kappa shape index (κ2) is 5.73. The Balaban J connectivity index is 2.12. The molecule has 21 heavy (non-hydrogen) atoms. The van der Waals surface area contributed by atoms with E-state index in [0.717, 1.165) is 12.0 Å². The number of carboxylic acid groups (broad SMARTS) is 1. The molecule has 6 heteroatoms. The smallest absolute Gasteiger partial charge is 0.336 e. The van der Waals surface area contributed by atoms with Gasteiger partial charge in [0.05, 0.1) is 17.7 Å². The minimum absolute atomic E-state index is 0.195. The zero-order chi connectivity index (χ0) is 15.6. The van der Waals surface area contributed by atoms with Gasteiger partial charge in [-0.05, 0) is 50.5 Å². The van der Waals surface area contributed by atoms with Crippen molar-refractivity contribution in [3.63, 3.8) is 0 Å². The summed E-state index contributed by atoms with van der Waals surface area (Å²) >= 11 is 0. The molecular formula is C15H20N2O4. The lowest BCUT2D eigenvalue weighted by molar-refractivity contribution is 0.0696. The van der Waals surface area contributed by atoms with Gasteiger partial charge in [0.1, 0.15) is 0 Å². The van der Waals surface area contributed by atoms with Gasteiger partial charge in [-0.15, -0.1) is 0 Å². The van der Waals surface area contributed by atoms with Crippen molar-refractivity contribution >= 4 is 17.7 Å². The van der Waals surface area contributed by atoms with E-state index in [0.29, 0.717) is 24.5 Å². The van der Waals surface area contributed by atoms with E-state index in [-0.39, 0.29) is 17.1 Å². The van der Waals surface area contributed by atoms with Gasteiger partial charge in [0.15, 0.2) is 0 Å². The summed E-state index contributed by atoms with van der Waals surface area (Å²) in [6.07, 6.45) is 0.758. The number of anilines is 1. The summed E-state index contributed by atoms with van der Waals surface area (Å²) in [5.74, 6) is -1.00. The van der Waals surface area contributed by atoms with Crippen molar-refractivity contribution in [1.29, 1.82) is 0 Å². The van der Waals surface area contributed by atoms with Crippen LogP contribution in [0.4, 0.5) is 10.5 Å². The molecule has 6 nitrogen and oxygen atoms in total. The van der Waals surface area contributed by atoms with Crippen LogP contribution in [-0.4, -0.2) is 35.9 Å². The van der Waals surface area contributed by atoms with Crippen LogP contribution in [0.5, 0.6) is 0 Å². The molecule has 1 aromatic rings. The summed E-state index contributed by atoms with van der Waals surface area (Å²) in [5, 5.41) is 14.7. The van der Waals surface area contributed by atoms with Gasteiger partial charge in [-0.1, -0.05) is 0 Å². The number of hydrogen-bond acceptors (Lipinski definition) is 3. The fraction of sp³-hybridized carbons (Fsp3) is 0.467. The lowest BCUT2D eigenvalue weighted by atomic mass is 10.0. The molecule has 1 aromatic carbocycles. The normalized spacial score (nSPS) is 21.1. The standard InChI is InChI=1S/C15H20N2O4/c1-9-6-11(7-12(10(9)2)13(18)19)16-14(20)17-15(3)4-5-21-8-15/h6-7H,4-5,8H2,1-3H3,(H,18,19)(H2,16,17,20). The lowest BCUT2D eigenvalue weighted by Gasteiger charge is -2.23. The predicted molar refractivity (Wildman–Crippen MR) is 78.9 cm³/mol. The highest BCUT2D eigenvalue weighted by atomic mass is 16.5. The number of nitrogens with one attached hydrogen (secondary N) is 2. The third-order valence-corrected chi connectivity index (χ3v) is 3.79. The Morgan fingerprint density at radius 2 is 2.05 bits per heavy atom. The average Bonchev–Trinajstić information content (AvgIpc) is 2.79. The first kappa shape index (κ1) is 15.3. The number of aromatic carboxylic acids is 1. The van der Waals surface area contributed by atoms with Crippen molar-refractivity contribution in [2.45, 2.75) is 32.7 Å². The molecule has 3 N–H and O–H groups in total. The van der Waals surface area contributed by atoms with Crippen LogP contribution in [0.1, 0.15) is 34.8 Å². The first-order chi connectivity index (χ1) is 9.81. The number of carboxylic acids is 1. The number of ether oxygens (including phenoxy) is 1. The predicted octanol–water partition coefficient (Wildman–Crippen LogP) is 2.30. The molecule has 1 saturated heterocycles. The number of carbonyl (C=O) groups is 2. The molecule has 0 radical (unpaired) electrons. The van der Waals surface area contributed by atoms with Crippen molar-refractivity contribution in [2.24, 2.45) is 0 Å². The van der Waals surface area contributed by atoms with Crippen LogP contribution >= 0.6 is 0 Å². The van der Waals surface area contributed by atoms with Crippen molar-refractivity contribution < 1.29 is 19.4 Å². The summed E-state index contributed by atoms with van der Waals surface area (Å²) in [5.41, 5.74) is 1.81. The molecule has 1 aliphatic rings. The SMILES string of the molecule is Cc1cc(NC(=O)NC2(C)CCOC2)cc(C(=O)O)c1C. The average molecular weight is 292 g/mol. The highest BCUT2D eigenvalue weighted by molar-refractivity contribution is 5.94. The van der Waals surface area contributed by atoms with Crippen LogP contribution in [0, 0.1) is 13.8 Å². The zero-order valence-corrected chi connectivity index (χ0v) is 12.4. The Morgan fingerprint density at radius 3 is 2.62 bits per heavy atom. The second-order valence-electron chi connectivity index (χ2n) is 5.71. The van der Waals surface area contributed by atoms with E-state index in [1.165, 1.54) is 6.07 Å². The zero-order valence-electron chi connectivity index (χ0n) is 12.4. The molecule has 2 rings (SSSR count). The fourth-order valence-electron chi connectivity index (χ4n) is 2.36. The van der Waals surface area contributed by atoms with Gasteiger partial charge in [-0.3, -0.25) is 0 Å². The summed E-state index contributed by atoms with van der Waals surface area (Å²) in [7, 11) is 0. The van der Waals surface area contributed by atoms with Crippen LogP contribution in [0.25, 0.3) is 0 Å². The molecule has 1 unspecified atom stereocenters. The number of urea groups is 1. The maximum absolute atomic E-state index is 12.0. The number of benzene rings is 1. The lowest BCUT2D eigenvalue weighted by Crippen LogP contribution is -2.48. The third kappa shape index (κ3) is 3.52. The minimum atomic E-state index is -1.00. The van der Waals surface area contributed by atoms with E-state index >= 15 is 0 Å². The maximum atomic E-state index is 12.0. The van der Waals surface area contributed by atoms with E-state index in [2.05, 4.69) is 10.6 Å². The Morgan fingerprint density at radius 1 is 1.33 bits per heavy atom. The van der Waals surface area contributed by atoms with Crippen molar-refractivity contribution in [2.75, 3.05) is 18.5 Å². The van der Waals surface area contributed by atoms with E-state index < -0.39 is 5.97 Å². The van der Waals surface area contributed by atoms with Crippen LogP contribution in [-0.2, 0) is 4.74 Å². The first-order valence-corrected chi connectivity index (χ1v) is 6.82. The highest BCUT2D eigenvalue weighted by Crippen LogP contribution is 2.21. The molecule has 0 spiro atoms. The molecule has 1 atom stereocenters. The maximum Gasteiger partial charge on any atom is 0.336 e. The quantitative estimate of drug-likeness (QED) is 0.797. The summed E-state index contributed by atoms with van der Waals surface area (Å²) in [4.78, 5) is 23.2. The van der Waals surface area contributed by atoms with Gasteiger partial charge in [0.2, 0.25) is 0 Å². The molecule has 0 bridgehead atoms. The molecule has 1 heterocycles. The monoisotopic (exact) mass is 292 g/mol. The topological polar surface area (TPSA) is 87.7 Å². The molecule has 0 saturated carbocycles. The number of carbonyl (C=O) groups excluding carboxylic acids is 1. The fourth-order valence-corrected chi connectivity index (χ4v) is 2.36. The van der Waals surface area contributed by atoms with Crippen LogP contribution in [0.2, 0.25) is 0 Å². The Kier molecular flexibility index (Phi) is 4.18. The summed E-state index contributed by atoms with van der Waals surface area (Å²) in [6, 6.07) is 2.87. The van der Waals surface area contributed by atoms with Crippen molar-refractivity contribution in [3.8, 4) is 0 Å². The Labute approximate surface area is 123 Å². The highest BCUT2D eigenvalue weighted by Gasteiger charge is 2.31. The number of rotatable bonds is 3. The van der Waals surface area contributed by atoms with Crippen LogP contribution in [0.3, 0.4) is 0 Å². The van der Waals surface area contributed by atoms with Gasteiger partial charge in [-0.2, -0.15) is 0 Å². The molecule has 0 aromatic heterocycles. The number of hydrogen-bond donors (Lipinski definition) is 3. The van der Waals surface area contributed by atoms with E-state index in [9.17, 15) is 14.7 Å². The number of amides is 2. The molecule has 1 aliphatic heterocycles. The van der Waals surface area contributed by atoms with Crippen LogP contribution in [0.15, 0.2) is 12.1 Å². The molecule has 114 valence electrons. The largest absolute Gasteiger partial charge is 0.478 e. The molecule has 1 fully saturated rings. The van der Waals surface area contributed by atoms with Crippen molar-refractivity contribution in [3.05, 3.63) is 28.8 Å². The Bertz CT molecular complexity index is 577.